The highest BCUT2D eigenvalue weighted by Gasteiger charge is 2.14. The van der Waals surface area contributed by atoms with Crippen molar-refractivity contribution in [3.05, 3.63) is 18.2 Å². The Hall–Kier alpha value is -0.870. The molecule has 1 aromatic carbocycles. The van der Waals surface area contributed by atoms with E-state index in [1.54, 1.807) is 0 Å². The Morgan fingerprint density at radius 1 is 1.14 bits per heavy atom. The van der Waals surface area contributed by atoms with Gasteiger partial charge in [0.2, 0.25) is 0 Å². The molecule has 0 radical (unpaired) electrons. The molecule has 0 saturated heterocycles. The molecular weight excluding hydrogens is 282 g/mol. The lowest BCUT2D eigenvalue weighted by Gasteiger charge is -2.21. The Morgan fingerprint density at radius 2 is 1.90 bits per heavy atom. The molecule has 3 nitrogen and oxygen atoms in total. The first-order valence-electron chi connectivity index (χ1n) is 7.83. The lowest BCUT2D eigenvalue weighted by molar-refractivity contribution is 0.297. The maximum absolute atomic E-state index is 5.76. The third-order valence-electron chi connectivity index (χ3n) is 3.79. The maximum Gasteiger partial charge on any atom is 0.162 e. The Balaban J connectivity index is 1.75. The van der Waals surface area contributed by atoms with Gasteiger partial charge in [-0.15, -0.1) is 11.8 Å². The number of fused-ring (bicyclic) bond motifs is 1. The summed E-state index contributed by atoms with van der Waals surface area (Å²) in [7, 11) is 0. The van der Waals surface area contributed by atoms with Crippen LogP contribution < -0.4 is 15.2 Å². The Kier molecular flexibility index (Phi) is 6.24. The van der Waals surface area contributed by atoms with Crippen molar-refractivity contribution in [2.45, 2.75) is 44.4 Å². The molecule has 2 rings (SSSR count). The van der Waals surface area contributed by atoms with Crippen LogP contribution in [0.4, 0.5) is 0 Å². The molecule has 0 spiro atoms. The van der Waals surface area contributed by atoms with E-state index in [9.17, 15) is 0 Å². The van der Waals surface area contributed by atoms with E-state index < -0.39 is 0 Å². The number of unbranched alkanes of at least 4 members (excludes halogenated alkanes) is 1. The van der Waals surface area contributed by atoms with Crippen LogP contribution in [-0.4, -0.2) is 25.5 Å². The van der Waals surface area contributed by atoms with E-state index in [0.29, 0.717) is 0 Å². The average molecular weight is 309 g/mol. The highest BCUT2D eigenvalue weighted by atomic mass is 32.2. The number of hydrogen-bond acceptors (Lipinski definition) is 4. The highest BCUT2D eigenvalue weighted by molar-refractivity contribution is 7.99. The standard InChI is InChI=1S/C17H27NO2S/c1-17(2,13-18)8-3-4-11-21-14-6-7-15-16(12-14)20-10-5-9-19-15/h6-7,12H,3-5,8-11,13,18H2,1-2H3. The molecule has 1 aromatic rings. The molecular formula is C17H27NO2S. The molecule has 1 aliphatic heterocycles. The lowest BCUT2D eigenvalue weighted by Crippen LogP contribution is -2.23. The minimum atomic E-state index is 0.278. The smallest absolute Gasteiger partial charge is 0.162 e. The number of ether oxygens (including phenoxy) is 2. The van der Waals surface area contributed by atoms with Gasteiger partial charge in [-0.05, 0) is 48.8 Å². The molecule has 0 aromatic heterocycles. The van der Waals surface area contributed by atoms with Gasteiger partial charge < -0.3 is 15.2 Å². The average Bonchev–Trinajstić information content (AvgIpc) is 2.71. The summed E-state index contributed by atoms with van der Waals surface area (Å²) in [5.74, 6) is 2.91. The van der Waals surface area contributed by atoms with Gasteiger partial charge in [0.15, 0.2) is 11.5 Å². The fourth-order valence-electron chi connectivity index (χ4n) is 2.23. The summed E-state index contributed by atoms with van der Waals surface area (Å²) < 4.78 is 11.4. The number of thioether (sulfide) groups is 1. The van der Waals surface area contributed by atoms with Crippen LogP contribution in [-0.2, 0) is 0 Å². The summed E-state index contributed by atoms with van der Waals surface area (Å²) in [5, 5.41) is 0. The fourth-order valence-corrected chi connectivity index (χ4v) is 3.17. The van der Waals surface area contributed by atoms with Crippen LogP contribution in [0.2, 0.25) is 0 Å². The van der Waals surface area contributed by atoms with Gasteiger partial charge in [-0.3, -0.25) is 0 Å². The number of benzene rings is 1. The van der Waals surface area contributed by atoms with Crippen LogP contribution >= 0.6 is 11.8 Å². The molecule has 0 aliphatic carbocycles. The summed E-state index contributed by atoms with van der Waals surface area (Å²) in [6.45, 7) is 6.74. The van der Waals surface area contributed by atoms with Crippen LogP contribution in [0.15, 0.2) is 23.1 Å². The van der Waals surface area contributed by atoms with Gasteiger partial charge in [-0.1, -0.05) is 20.3 Å². The molecule has 0 atom stereocenters. The first kappa shape index (κ1) is 16.5. The zero-order chi connectivity index (χ0) is 15.1. The summed E-state index contributed by atoms with van der Waals surface area (Å²) in [6, 6.07) is 6.26. The van der Waals surface area contributed by atoms with Gasteiger partial charge in [0.1, 0.15) is 0 Å². The molecule has 118 valence electrons. The molecule has 1 heterocycles. The molecule has 0 bridgehead atoms. The van der Waals surface area contributed by atoms with E-state index in [1.165, 1.54) is 24.2 Å². The van der Waals surface area contributed by atoms with Crippen molar-refractivity contribution in [3.8, 4) is 11.5 Å². The molecule has 0 saturated carbocycles. The summed E-state index contributed by atoms with van der Waals surface area (Å²) >= 11 is 1.89. The Bertz CT molecular complexity index is 448. The van der Waals surface area contributed by atoms with E-state index in [2.05, 4.69) is 26.0 Å². The summed E-state index contributed by atoms with van der Waals surface area (Å²) in [5.41, 5.74) is 6.04. The molecule has 0 unspecified atom stereocenters. The van der Waals surface area contributed by atoms with Crippen molar-refractivity contribution in [1.82, 2.24) is 0 Å². The molecule has 0 amide bonds. The van der Waals surface area contributed by atoms with Crippen LogP contribution in [0, 0.1) is 5.41 Å². The zero-order valence-electron chi connectivity index (χ0n) is 13.2. The predicted molar refractivity (Wildman–Crippen MR) is 89.5 cm³/mol. The van der Waals surface area contributed by atoms with Gasteiger partial charge >= 0.3 is 0 Å². The zero-order valence-corrected chi connectivity index (χ0v) is 14.0. The molecule has 4 heteroatoms. The van der Waals surface area contributed by atoms with Crippen LogP contribution in [0.1, 0.15) is 39.5 Å². The number of nitrogens with two attached hydrogens (primary N) is 1. The highest BCUT2D eigenvalue weighted by Crippen LogP contribution is 2.34. The second-order valence-corrected chi connectivity index (χ2v) is 7.50. The van der Waals surface area contributed by atoms with Crippen molar-refractivity contribution in [2.24, 2.45) is 11.1 Å². The van der Waals surface area contributed by atoms with Crippen LogP contribution in [0.3, 0.4) is 0 Å². The molecule has 0 fully saturated rings. The van der Waals surface area contributed by atoms with Crippen molar-refractivity contribution in [2.75, 3.05) is 25.5 Å². The fraction of sp³-hybridized carbons (Fsp3) is 0.647. The van der Waals surface area contributed by atoms with Gasteiger partial charge in [0.25, 0.3) is 0 Å². The van der Waals surface area contributed by atoms with Crippen molar-refractivity contribution < 1.29 is 9.47 Å². The number of rotatable bonds is 7. The quantitative estimate of drug-likeness (QED) is 0.608. The van der Waals surface area contributed by atoms with Gasteiger partial charge in [-0.2, -0.15) is 0 Å². The monoisotopic (exact) mass is 309 g/mol. The molecule has 1 aliphatic rings. The molecule has 21 heavy (non-hydrogen) atoms. The first-order chi connectivity index (χ1) is 10.1. The lowest BCUT2D eigenvalue weighted by atomic mass is 9.88. The van der Waals surface area contributed by atoms with Gasteiger partial charge in [0, 0.05) is 11.3 Å². The number of hydrogen-bond donors (Lipinski definition) is 1. The summed E-state index contributed by atoms with van der Waals surface area (Å²) in [4.78, 5) is 1.26. The predicted octanol–water partition coefficient (Wildman–Crippen LogP) is 4.10. The van der Waals surface area contributed by atoms with Crippen molar-refractivity contribution in [3.63, 3.8) is 0 Å². The summed E-state index contributed by atoms with van der Waals surface area (Å²) in [6.07, 6.45) is 4.61. The third kappa shape index (κ3) is 5.44. The van der Waals surface area contributed by atoms with Crippen LogP contribution in [0.25, 0.3) is 0 Å². The normalized spacial score (nSPS) is 14.8. The maximum atomic E-state index is 5.76. The van der Waals surface area contributed by atoms with Gasteiger partial charge in [-0.25, -0.2) is 0 Å². The van der Waals surface area contributed by atoms with E-state index in [4.69, 9.17) is 15.2 Å². The van der Waals surface area contributed by atoms with E-state index >= 15 is 0 Å². The van der Waals surface area contributed by atoms with Gasteiger partial charge in [0.05, 0.1) is 13.2 Å². The van der Waals surface area contributed by atoms with E-state index in [0.717, 1.165) is 43.4 Å². The van der Waals surface area contributed by atoms with Crippen molar-refractivity contribution in [1.29, 1.82) is 0 Å². The van der Waals surface area contributed by atoms with E-state index in [-0.39, 0.29) is 5.41 Å². The first-order valence-corrected chi connectivity index (χ1v) is 8.82. The Morgan fingerprint density at radius 3 is 2.67 bits per heavy atom. The van der Waals surface area contributed by atoms with Crippen molar-refractivity contribution >= 4 is 11.8 Å². The second kappa shape index (κ2) is 7.95. The van der Waals surface area contributed by atoms with Crippen LogP contribution in [0.5, 0.6) is 11.5 Å². The largest absolute Gasteiger partial charge is 0.490 e. The minimum Gasteiger partial charge on any atom is -0.490 e. The Labute approximate surface area is 132 Å². The van der Waals surface area contributed by atoms with E-state index in [1.807, 2.05) is 17.8 Å². The molecule has 2 N–H and O–H groups in total. The second-order valence-electron chi connectivity index (χ2n) is 6.33. The SMILES string of the molecule is CC(C)(CN)CCCCSc1ccc2c(c1)OCCCO2. The third-order valence-corrected chi connectivity index (χ3v) is 4.87. The topological polar surface area (TPSA) is 44.5 Å². The minimum absolute atomic E-state index is 0.278.